The quantitative estimate of drug-likeness (QED) is 0.454. The Balaban J connectivity index is 2.20. The van der Waals surface area contributed by atoms with E-state index in [1.807, 2.05) is 6.20 Å². The molecule has 0 bridgehead atoms. The van der Waals surface area contributed by atoms with E-state index in [9.17, 15) is 0 Å². The first-order chi connectivity index (χ1) is 3.50. The van der Waals surface area contributed by atoms with Crippen molar-refractivity contribution in [2.45, 2.75) is 6.42 Å². The first kappa shape index (κ1) is 5.00. The third kappa shape index (κ3) is 1.85. The lowest BCUT2D eigenvalue weighted by atomic mass is 10.5. The maximum Gasteiger partial charge on any atom is 0.0130 e. The highest BCUT2D eigenvalue weighted by Gasteiger charge is 1.85. The van der Waals surface area contributed by atoms with Gasteiger partial charge in [-0.3, -0.25) is 0 Å². The molecule has 2 N–H and O–H groups in total. The van der Waals surface area contributed by atoms with Crippen molar-refractivity contribution in [3.63, 3.8) is 0 Å². The van der Waals surface area contributed by atoms with Crippen LogP contribution in [0.2, 0.25) is 0 Å². The molecular formula is C4H8N2S. The predicted octanol–water partition coefficient (Wildman–Crippen LogP) is 0.646. The van der Waals surface area contributed by atoms with E-state index in [1.165, 1.54) is 0 Å². The lowest BCUT2D eigenvalue weighted by molar-refractivity contribution is 0.879. The Kier molecular flexibility index (Phi) is 2.09. The zero-order chi connectivity index (χ0) is 4.95. The zero-order valence-corrected chi connectivity index (χ0v) is 4.79. The van der Waals surface area contributed by atoms with E-state index in [1.54, 1.807) is 11.9 Å². The molecule has 0 aromatic carbocycles. The van der Waals surface area contributed by atoms with Gasteiger partial charge < -0.3 is 5.43 Å². The Morgan fingerprint density at radius 2 is 2.57 bits per heavy atom. The van der Waals surface area contributed by atoms with Gasteiger partial charge in [0.2, 0.25) is 0 Å². The summed E-state index contributed by atoms with van der Waals surface area (Å²) in [5.74, 6) is 1.16. The van der Waals surface area contributed by atoms with E-state index < -0.39 is 0 Å². The van der Waals surface area contributed by atoms with Crippen molar-refractivity contribution in [2.24, 2.45) is 0 Å². The van der Waals surface area contributed by atoms with Crippen molar-refractivity contribution < 1.29 is 0 Å². The zero-order valence-electron chi connectivity index (χ0n) is 3.98. The molecule has 0 spiro atoms. The first-order valence-corrected chi connectivity index (χ1v) is 3.26. The van der Waals surface area contributed by atoms with Crippen LogP contribution in [0, 0.1) is 0 Å². The molecule has 2 nitrogen and oxygen atoms in total. The minimum Gasteiger partial charge on any atom is -0.320 e. The molecule has 0 radical (unpaired) electrons. The van der Waals surface area contributed by atoms with Gasteiger partial charge >= 0.3 is 0 Å². The maximum atomic E-state index is 2.93. The summed E-state index contributed by atoms with van der Waals surface area (Å²) in [6.45, 7) is 0. The highest BCUT2D eigenvalue weighted by Crippen LogP contribution is 1.97. The van der Waals surface area contributed by atoms with Crippen LogP contribution in [-0.4, -0.2) is 5.75 Å². The fourth-order valence-electron chi connectivity index (χ4n) is 0.396. The van der Waals surface area contributed by atoms with Gasteiger partial charge in [-0.1, -0.05) is 18.0 Å². The average molecular weight is 116 g/mol. The summed E-state index contributed by atoms with van der Waals surface area (Å²) < 4.78 is 0. The summed E-state index contributed by atoms with van der Waals surface area (Å²) in [5.41, 5.74) is 2.88. The molecule has 0 aromatic heterocycles. The monoisotopic (exact) mass is 116 g/mol. The molecule has 1 heterocycles. The second-order valence-corrected chi connectivity index (χ2v) is 2.19. The molecule has 0 aromatic rings. The molecule has 1 aliphatic heterocycles. The van der Waals surface area contributed by atoms with Crippen molar-refractivity contribution >= 4 is 11.9 Å². The summed E-state index contributed by atoms with van der Waals surface area (Å²) in [6.07, 6.45) is 5.18. The third-order valence-electron chi connectivity index (χ3n) is 0.719. The Hall–Kier alpha value is -0.150. The van der Waals surface area contributed by atoms with Gasteiger partial charge in [0, 0.05) is 12.0 Å². The van der Waals surface area contributed by atoms with Crippen LogP contribution in [0.3, 0.4) is 0 Å². The molecule has 0 fully saturated rings. The molecule has 1 aliphatic rings. The largest absolute Gasteiger partial charge is 0.320 e. The van der Waals surface area contributed by atoms with Crippen LogP contribution < -0.4 is 10.3 Å². The molecule has 1 rings (SSSR count). The van der Waals surface area contributed by atoms with E-state index in [4.69, 9.17) is 0 Å². The van der Waals surface area contributed by atoms with E-state index in [-0.39, 0.29) is 0 Å². The second-order valence-electron chi connectivity index (χ2n) is 1.29. The van der Waals surface area contributed by atoms with Gasteiger partial charge in [0.05, 0.1) is 0 Å². The van der Waals surface area contributed by atoms with E-state index in [0.29, 0.717) is 0 Å². The summed E-state index contributed by atoms with van der Waals surface area (Å²) >= 11 is 1.69. The van der Waals surface area contributed by atoms with Crippen molar-refractivity contribution in [3.05, 3.63) is 12.3 Å². The first-order valence-electron chi connectivity index (χ1n) is 2.27. The smallest absolute Gasteiger partial charge is 0.0130 e. The Bertz CT molecular complexity index is 64.1. The number of hydrogen-bond donors (Lipinski definition) is 2. The molecule has 0 unspecified atom stereocenters. The molecule has 0 saturated heterocycles. The summed E-state index contributed by atoms with van der Waals surface area (Å²) in [7, 11) is 0. The fourth-order valence-corrected chi connectivity index (χ4v) is 0.903. The van der Waals surface area contributed by atoms with E-state index >= 15 is 0 Å². The average Bonchev–Trinajstić information content (AvgIpc) is 1.90. The molecule has 0 amide bonds. The molecule has 3 heteroatoms. The van der Waals surface area contributed by atoms with Crippen LogP contribution in [0.25, 0.3) is 0 Å². The number of rotatable bonds is 0. The molecule has 0 aliphatic carbocycles. The Labute approximate surface area is 47.5 Å². The molecule has 40 valence electrons. The fraction of sp³-hybridized carbons (Fsp3) is 0.500. The van der Waals surface area contributed by atoms with Gasteiger partial charge in [0.25, 0.3) is 0 Å². The van der Waals surface area contributed by atoms with E-state index in [2.05, 4.69) is 16.3 Å². The number of allylic oxidation sites excluding steroid dienone is 1. The van der Waals surface area contributed by atoms with Gasteiger partial charge in [-0.2, -0.15) is 4.83 Å². The van der Waals surface area contributed by atoms with Crippen molar-refractivity contribution in [2.75, 3.05) is 5.75 Å². The lowest BCUT2D eigenvalue weighted by Gasteiger charge is -1.94. The Morgan fingerprint density at radius 3 is 3.57 bits per heavy atom. The highest BCUT2D eigenvalue weighted by atomic mass is 32.2. The standard InChI is InChI=1S/C4H8N2S/c1-2-4-7-6-5-3-1/h1,3,5-6H,2,4H2. The Morgan fingerprint density at radius 1 is 1.57 bits per heavy atom. The van der Waals surface area contributed by atoms with Crippen LogP contribution in [0.4, 0.5) is 0 Å². The van der Waals surface area contributed by atoms with Crippen LogP contribution in [0.5, 0.6) is 0 Å². The van der Waals surface area contributed by atoms with Gasteiger partial charge in [0.1, 0.15) is 0 Å². The van der Waals surface area contributed by atoms with Crippen LogP contribution in [0.15, 0.2) is 12.3 Å². The summed E-state index contributed by atoms with van der Waals surface area (Å²) in [5, 5.41) is 0. The lowest BCUT2D eigenvalue weighted by Crippen LogP contribution is -2.17. The normalized spacial score (nSPS) is 20.6. The molecule has 7 heavy (non-hydrogen) atoms. The minimum absolute atomic E-state index is 1.16. The van der Waals surface area contributed by atoms with Gasteiger partial charge in [-0.25, -0.2) is 0 Å². The van der Waals surface area contributed by atoms with Gasteiger partial charge in [-0.15, -0.1) is 0 Å². The SMILES string of the molecule is C1=CNNSCC1. The summed E-state index contributed by atoms with van der Waals surface area (Å²) in [4.78, 5) is 2.93. The topological polar surface area (TPSA) is 24.1 Å². The van der Waals surface area contributed by atoms with E-state index in [0.717, 1.165) is 12.2 Å². The van der Waals surface area contributed by atoms with Crippen LogP contribution in [-0.2, 0) is 0 Å². The van der Waals surface area contributed by atoms with Crippen LogP contribution >= 0.6 is 11.9 Å². The van der Waals surface area contributed by atoms with Crippen molar-refractivity contribution in [1.82, 2.24) is 10.3 Å². The molecule has 0 atom stereocenters. The maximum absolute atomic E-state index is 2.93. The second kappa shape index (κ2) is 2.93. The van der Waals surface area contributed by atoms with Gasteiger partial charge in [-0.05, 0) is 6.42 Å². The minimum atomic E-state index is 1.16. The highest BCUT2D eigenvalue weighted by molar-refractivity contribution is 7.97. The third-order valence-corrected chi connectivity index (χ3v) is 1.42. The van der Waals surface area contributed by atoms with Crippen molar-refractivity contribution in [1.29, 1.82) is 0 Å². The summed E-state index contributed by atoms with van der Waals surface area (Å²) in [6, 6.07) is 0. The number of hydrazine groups is 1. The van der Waals surface area contributed by atoms with Crippen LogP contribution in [0.1, 0.15) is 6.42 Å². The van der Waals surface area contributed by atoms with Gasteiger partial charge in [0.15, 0.2) is 0 Å². The molecular weight excluding hydrogens is 108 g/mol. The molecule has 0 saturated carbocycles. The number of hydrogen-bond acceptors (Lipinski definition) is 3. The number of nitrogens with one attached hydrogen (secondary N) is 2. The predicted molar refractivity (Wildman–Crippen MR) is 32.5 cm³/mol. The van der Waals surface area contributed by atoms with Crippen molar-refractivity contribution in [3.8, 4) is 0 Å².